The lowest BCUT2D eigenvalue weighted by molar-refractivity contribution is 0.0937. The molecule has 1 N–H and O–H groups in total. The fourth-order valence-electron chi connectivity index (χ4n) is 2.94. The van der Waals surface area contributed by atoms with Gasteiger partial charge in [-0.1, -0.05) is 45.0 Å². The van der Waals surface area contributed by atoms with E-state index in [2.05, 4.69) is 60.4 Å². The van der Waals surface area contributed by atoms with E-state index in [1.165, 1.54) is 5.56 Å². The molecule has 0 aliphatic heterocycles. The summed E-state index contributed by atoms with van der Waals surface area (Å²) >= 11 is 0. The molecule has 130 valence electrons. The molecule has 2 unspecified atom stereocenters. The average Bonchev–Trinajstić information content (AvgIpc) is 3.09. The van der Waals surface area contributed by atoms with Gasteiger partial charge in [-0.15, -0.1) is 0 Å². The van der Waals surface area contributed by atoms with Gasteiger partial charge in [-0.25, -0.2) is 9.50 Å². The predicted molar refractivity (Wildman–Crippen MR) is 98.6 cm³/mol. The Kier molecular flexibility index (Phi) is 5.12. The first-order valence-electron chi connectivity index (χ1n) is 8.83. The van der Waals surface area contributed by atoms with Crippen LogP contribution in [-0.2, 0) is 0 Å². The number of benzene rings is 1. The van der Waals surface area contributed by atoms with Crippen LogP contribution in [0.2, 0.25) is 0 Å². The first kappa shape index (κ1) is 17.1. The van der Waals surface area contributed by atoms with Crippen molar-refractivity contribution in [3.05, 3.63) is 65.6 Å². The molecule has 0 spiro atoms. The van der Waals surface area contributed by atoms with Gasteiger partial charge >= 0.3 is 0 Å². The Bertz CT molecular complexity index is 854. The summed E-state index contributed by atoms with van der Waals surface area (Å²) in [5, 5.41) is 7.29. The molecule has 0 radical (unpaired) electrons. The lowest BCUT2D eigenvalue weighted by Crippen LogP contribution is -2.28. The van der Waals surface area contributed by atoms with Gasteiger partial charge in [0, 0.05) is 12.4 Å². The third kappa shape index (κ3) is 3.55. The maximum atomic E-state index is 12.7. The van der Waals surface area contributed by atoms with Crippen molar-refractivity contribution in [1.82, 2.24) is 19.9 Å². The molecular weight excluding hydrogens is 312 g/mol. The molecule has 0 saturated carbocycles. The van der Waals surface area contributed by atoms with E-state index >= 15 is 0 Å². The molecule has 1 amide bonds. The van der Waals surface area contributed by atoms with Gasteiger partial charge < -0.3 is 5.32 Å². The van der Waals surface area contributed by atoms with Crippen molar-refractivity contribution in [3.63, 3.8) is 0 Å². The van der Waals surface area contributed by atoms with Gasteiger partial charge in [0.1, 0.15) is 5.56 Å². The maximum absolute atomic E-state index is 12.7. The highest BCUT2D eigenvalue weighted by atomic mass is 16.1. The molecule has 25 heavy (non-hydrogen) atoms. The average molecular weight is 336 g/mol. The van der Waals surface area contributed by atoms with Crippen molar-refractivity contribution in [2.45, 2.75) is 45.6 Å². The van der Waals surface area contributed by atoms with Crippen LogP contribution in [0, 0.1) is 0 Å². The normalized spacial score (nSPS) is 13.6. The Balaban J connectivity index is 1.78. The predicted octanol–water partition coefficient (Wildman–Crippen LogP) is 4.12. The molecule has 5 heteroatoms. The van der Waals surface area contributed by atoms with E-state index in [4.69, 9.17) is 0 Å². The smallest absolute Gasteiger partial charge is 0.257 e. The van der Waals surface area contributed by atoms with Crippen LogP contribution in [0.25, 0.3) is 5.65 Å². The molecule has 1 aromatic carbocycles. The SMILES string of the molecule is CCC(C)c1ccc(C(CC)NC(=O)c2cnn3cccnc23)cc1. The highest BCUT2D eigenvalue weighted by molar-refractivity contribution is 5.99. The Morgan fingerprint density at radius 2 is 1.88 bits per heavy atom. The highest BCUT2D eigenvalue weighted by Gasteiger charge is 2.18. The lowest BCUT2D eigenvalue weighted by atomic mass is 9.95. The molecule has 0 fully saturated rings. The van der Waals surface area contributed by atoms with Crippen LogP contribution < -0.4 is 5.32 Å². The molecule has 0 aliphatic carbocycles. The number of fused-ring (bicyclic) bond motifs is 1. The van der Waals surface area contributed by atoms with Gasteiger partial charge in [0.05, 0.1) is 12.2 Å². The number of nitrogens with one attached hydrogen (secondary N) is 1. The second-order valence-electron chi connectivity index (χ2n) is 6.36. The van der Waals surface area contributed by atoms with Crippen molar-refractivity contribution in [2.75, 3.05) is 0 Å². The molecule has 2 atom stereocenters. The van der Waals surface area contributed by atoms with E-state index in [1.807, 2.05) is 0 Å². The maximum Gasteiger partial charge on any atom is 0.257 e. The molecule has 2 heterocycles. The van der Waals surface area contributed by atoms with Crippen LogP contribution >= 0.6 is 0 Å². The minimum atomic E-state index is -0.147. The summed E-state index contributed by atoms with van der Waals surface area (Å²) in [7, 11) is 0. The van der Waals surface area contributed by atoms with E-state index in [9.17, 15) is 4.79 Å². The summed E-state index contributed by atoms with van der Waals surface area (Å²) in [5.41, 5.74) is 3.52. The molecule has 0 aliphatic rings. The first-order chi connectivity index (χ1) is 12.1. The van der Waals surface area contributed by atoms with E-state index in [0.29, 0.717) is 17.1 Å². The Morgan fingerprint density at radius 3 is 2.56 bits per heavy atom. The standard InChI is InChI=1S/C20H24N4O/c1-4-14(3)15-7-9-16(10-8-15)18(5-2)23-20(25)17-13-22-24-12-6-11-21-19(17)24/h6-14,18H,4-5H2,1-3H3,(H,23,25). The molecule has 0 saturated heterocycles. The van der Waals surface area contributed by atoms with E-state index in [0.717, 1.165) is 18.4 Å². The van der Waals surface area contributed by atoms with Crippen LogP contribution in [0.15, 0.2) is 48.9 Å². The molecule has 5 nitrogen and oxygen atoms in total. The van der Waals surface area contributed by atoms with Crippen LogP contribution in [-0.4, -0.2) is 20.5 Å². The Hall–Kier alpha value is -2.69. The topological polar surface area (TPSA) is 59.3 Å². The number of rotatable bonds is 6. The zero-order chi connectivity index (χ0) is 17.8. The quantitative estimate of drug-likeness (QED) is 0.736. The van der Waals surface area contributed by atoms with Gasteiger partial charge in [-0.3, -0.25) is 4.79 Å². The molecular formula is C20H24N4O. The van der Waals surface area contributed by atoms with E-state index in [-0.39, 0.29) is 11.9 Å². The van der Waals surface area contributed by atoms with Crippen molar-refractivity contribution in [1.29, 1.82) is 0 Å². The Labute approximate surface area is 148 Å². The van der Waals surface area contributed by atoms with Crippen molar-refractivity contribution < 1.29 is 4.79 Å². The van der Waals surface area contributed by atoms with Gasteiger partial charge in [0.25, 0.3) is 5.91 Å². The van der Waals surface area contributed by atoms with Crippen LogP contribution in [0.1, 0.15) is 67.1 Å². The lowest BCUT2D eigenvalue weighted by Gasteiger charge is -2.18. The molecule has 3 aromatic rings. The minimum absolute atomic E-state index is 0.0304. The van der Waals surface area contributed by atoms with Crippen molar-refractivity contribution in [2.24, 2.45) is 0 Å². The summed E-state index contributed by atoms with van der Waals surface area (Å²) in [6, 6.07) is 10.3. The van der Waals surface area contributed by atoms with Gasteiger partial charge in [-0.2, -0.15) is 5.10 Å². The molecule has 0 bridgehead atoms. The van der Waals surface area contributed by atoms with Gasteiger partial charge in [0.15, 0.2) is 5.65 Å². The number of hydrogen-bond donors (Lipinski definition) is 1. The summed E-state index contributed by atoms with van der Waals surface area (Å²) < 4.78 is 1.61. The van der Waals surface area contributed by atoms with Crippen molar-refractivity contribution in [3.8, 4) is 0 Å². The number of nitrogens with zero attached hydrogens (tertiary/aromatic N) is 3. The zero-order valence-corrected chi connectivity index (χ0v) is 14.9. The first-order valence-corrected chi connectivity index (χ1v) is 8.83. The van der Waals surface area contributed by atoms with Crippen LogP contribution in [0.5, 0.6) is 0 Å². The van der Waals surface area contributed by atoms with Crippen LogP contribution in [0.3, 0.4) is 0 Å². The Morgan fingerprint density at radius 1 is 1.16 bits per heavy atom. The fraction of sp³-hybridized carbons (Fsp3) is 0.350. The largest absolute Gasteiger partial charge is 0.345 e. The highest BCUT2D eigenvalue weighted by Crippen LogP contribution is 2.23. The number of amides is 1. The van der Waals surface area contributed by atoms with Crippen LogP contribution in [0.4, 0.5) is 0 Å². The summed E-state index contributed by atoms with van der Waals surface area (Å²) in [6.07, 6.45) is 6.95. The number of carbonyl (C=O) groups excluding carboxylic acids is 1. The van der Waals surface area contributed by atoms with E-state index in [1.54, 1.807) is 29.2 Å². The zero-order valence-electron chi connectivity index (χ0n) is 14.9. The summed E-state index contributed by atoms with van der Waals surface area (Å²) in [6.45, 7) is 6.49. The fourth-order valence-corrected chi connectivity index (χ4v) is 2.94. The third-order valence-electron chi connectivity index (χ3n) is 4.76. The minimum Gasteiger partial charge on any atom is -0.345 e. The second-order valence-corrected chi connectivity index (χ2v) is 6.36. The van der Waals surface area contributed by atoms with Gasteiger partial charge in [-0.05, 0) is 36.0 Å². The van der Waals surface area contributed by atoms with Gasteiger partial charge in [0.2, 0.25) is 0 Å². The third-order valence-corrected chi connectivity index (χ3v) is 4.76. The second kappa shape index (κ2) is 7.47. The summed E-state index contributed by atoms with van der Waals surface area (Å²) in [4.78, 5) is 16.9. The number of hydrogen-bond acceptors (Lipinski definition) is 3. The number of aromatic nitrogens is 3. The van der Waals surface area contributed by atoms with Crippen molar-refractivity contribution >= 4 is 11.6 Å². The molecule has 3 rings (SSSR count). The number of carbonyl (C=O) groups is 1. The monoisotopic (exact) mass is 336 g/mol. The summed E-state index contributed by atoms with van der Waals surface area (Å²) in [5.74, 6) is 0.403. The van der Waals surface area contributed by atoms with E-state index < -0.39 is 0 Å². The molecule has 2 aromatic heterocycles.